The summed E-state index contributed by atoms with van der Waals surface area (Å²) in [6.45, 7) is 2.76. The van der Waals surface area contributed by atoms with Crippen LogP contribution in [0.4, 0.5) is 0 Å². The number of hydrogen-bond donors (Lipinski definition) is 2. The first-order chi connectivity index (χ1) is 6.18. The van der Waals surface area contributed by atoms with Crippen LogP contribution >= 0.6 is 11.6 Å². The Kier molecular flexibility index (Phi) is 7.66. The van der Waals surface area contributed by atoms with Gasteiger partial charge in [-0.3, -0.25) is 0 Å². The Bertz CT molecular complexity index is 116. The summed E-state index contributed by atoms with van der Waals surface area (Å²) in [5.74, 6) is 0.693. The van der Waals surface area contributed by atoms with Crippen molar-refractivity contribution in [3.63, 3.8) is 0 Å². The van der Waals surface area contributed by atoms with E-state index in [2.05, 4.69) is 7.05 Å². The molecule has 0 fully saturated rings. The maximum Gasteiger partial charge on any atom is 0.102 e. The predicted octanol–water partition coefficient (Wildman–Crippen LogP) is 0.437. The lowest BCUT2D eigenvalue weighted by molar-refractivity contribution is -0.910. The van der Waals surface area contributed by atoms with Gasteiger partial charge in [0.2, 0.25) is 0 Å². The van der Waals surface area contributed by atoms with Crippen molar-refractivity contribution >= 4 is 11.6 Å². The number of likely N-dealkylation sites (N-methyl/N-ethyl adjacent to an activating group) is 1. The fraction of sp³-hybridized carbons (Fsp3) is 1.00. The maximum absolute atomic E-state index is 8.86. The molecule has 0 aliphatic rings. The fourth-order valence-corrected chi connectivity index (χ4v) is 1.60. The highest BCUT2D eigenvalue weighted by Crippen LogP contribution is 2.05. The van der Waals surface area contributed by atoms with Gasteiger partial charge < -0.3 is 14.7 Å². The quantitative estimate of drug-likeness (QED) is 0.347. The van der Waals surface area contributed by atoms with E-state index in [4.69, 9.17) is 21.8 Å². The number of rotatable bonds is 8. The number of unbranched alkanes of at least 4 members (excludes halogenated alkanes) is 1. The highest BCUT2D eigenvalue weighted by atomic mass is 35.5. The van der Waals surface area contributed by atoms with E-state index in [1.54, 1.807) is 0 Å². The lowest BCUT2D eigenvalue weighted by atomic mass is 10.2. The average molecular weight is 211 g/mol. The standard InChI is InChI=1S/C9H21ClNO2/c1-11(6-8-12,7-9-13)5-3-2-4-10/h12-13H,2-9H2,1H3/q+1. The lowest BCUT2D eigenvalue weighted by Crippen LogP contribution is -2.48. The normalized spacial score (nSPS) is 12.0. The monoisotopic (exact) mass is 210 g/mol. The summed E-state index contributed by atoms with van der Waals surface area (Å²) in [7, 11) is 2.06. The molecule has 0 spiro atoms. The summed E-state index contributed by atoms with van der Waals surface area (Å²) in [4.78, 5) is 0. The molecule has 0 atom stereocenters. The van der Waals surface area contributed by atoms with Crippen LogP contribution in [0.25, 0.3) is 0 Å². The van der Waals surface area contributed by atoms with Crippen molar-refractivity contribution in [3.05, 3.63) is 0 Å². The zero-order valence-electron chi connectivity index (χ0n) is 8.38. The van der Waals surface area contributed by atoms with Crippen molar-refractivity contribution in [1.82, 2.24) is 0 Å². The molecular weight excluding hydrogens is 190 g/mol. The Morgan fingerprint density at radius 3 is 1.92 bits per heavy atom. The Labute approximate surface area is 85.5 Å². The van der Waals surface area contributed by atoms with Gasteiger partial charge >= 0.3 is 0 Å². The molecule has 2 N–H and O–H groups in total. The van der Waals surface area contributed by atoms with E-state index >= 15 is 0 Å². The first-order valence-corrected chi connectivity index (χ1v) is 5.33. The largest absolute Gasteiger partial charge is 0.391 e. The number of quaternary nitrogens is 1. The molecule has 0 unspecified atom stereocenters. The number of hydrogen-bond acceptors (Lipinski definition) is 2. The molecule has 0 aliphatic heterocycles. The molecule has 0 saturated carbocycles. The van der Waals surface area contributed by atoms with Crippen molar-refractivity contribution in [2.24, 2.45) is 0 Å². The summed E-state index contributed by atoms with van der Waals surface area (Å²) >= 11 is 5.58. The van der Waals surface area contributed by atoms with Crippen LogP contribution in [0.3, 0.4) is 0 Å². The van der Waals surface area contributed by atoms with Crippen LogP contribution in [0.5, 0.6) is 0 Å². The van der Waals surface area contributed by atoms with E-state index in [-0.39, 0.29) is 13.2 Å². The minimum Gasteiger partial charge on any atom is -0.391 e. The predicted molar refractivity (Wildman–Crippen MR) is 54.9 cm³/mol. The fourth-order valence-electron chi connectivity index (χ4n) is 1.41. The molecule has 0 aromatic heterocycles. The van der Waals surface area contributed by atoms with Crippen molar-refractivity contribution < 1.29 is 14.7 Å². The third kappa shape index (κ3) is 6.27. The summed E-state index contributed by atoms with van der Waals surface area (Å²) < 4.78 is 0.740. The topological polar surface area (TPSA) is 40.5 Å². The molecule has 80 valence electrons. The molecule has 0 aromatic rings. The average Bonchev–Trinajstić information content (AvgIpc) is 2.05. The van der Waals surface area contributed by atoms with Gasteiger partial charge in [0.05, 0.1) is 26.8 Å². The number of nitrogens with zero attached hydrogens (tertiary/aromatic N) is 1. The third-order valence-corrected chi connectivity index (χ3v) is 2.63. The molecule has 13 heavy (non-hydrogen) atoms. The summed E-state index contributed by atoms with van der Waals surface area (Å²) in [6, 6.07) is 0. The van der Waals surface area contributed by atoms with Gasteiger partial charge in [0.1, 0.15) is 13.1 Å². The molecule has 0 radical (unpaired) electrons. The second kappa shape index (κ2) is 7.56. The van der Waals surface area contributed by atoms with Crippen LogP contribution in [0, 0.1) is 0 Å². The summed E-state index contributed by atoms with van der Waals surface area (Å²) in [5, 5.41) is 17.7. The van der Waals surface area contributed by atoms with Crippen molar-refractivity contribution in [3.8, 4) is 0 Å². The summed E-state index contributed by atoms with van der Waals surface area (Å²) in [6.07, 6.45) is 2.06. The van der Waals surface area contributed by atoms with Crippen molar-refractivity contribution in [1.29, 1.82) is 0 Å². The molecule has 4 heteroatoms. The van der Waals surface area contributed by atoms with Gasteiger partial charge in [-0.25, -0.2) is 0 Å². The van der Waals surface area contributed by atoms with Crippen molar-refractivity contribution in [2.75, 3.05) is 45.8 Å². The Hall–Kier alpha value is 0.170. The van der Waals surface area contributed by atoms with Gasteiger partial charge in [0, 0.05) is 5.88 Å². The molecule has 0 amide bonds. The van der Waals surface area contributed by atoms with Gasteiger partial charge in [0.15, 0.2) is 0 Å². The number of alkyl halides is 1. The van der Waals surface area contributed by atoms with Crippen LogP contribution < -0.4 is 0 Å². The zero-order valence-corrected chi connectivity index (χ0v) is 9.13. The van der Waals surface area contributed by atoms with Crippen LogP contribution in [0.15, 0.2) is 0 Å². The second-order valence-corrected chi connectivity index (χ2v) is 4.01. The maximum atomic E-state index is 8.86. The van der Waals surface area contributed by atoms with Gasteiger partial charge in [-0.1, -0.05) is 0 Å². The first kappa shape index (κ1) is 13.2. The molecule has 3 nitrogen and oxygen atoms in total. The Morgan fingerprint density at radius 1 is 1.00 bits per heavy atom. The van der Waals surface area contributed by atoms with E-state index in [0.29, 0.717) is 19.0 Å². The van der Waals surface area contributed by atoms with E-state index in [1.807, 2.05) is 0 Å². The number of halogens is 1. The minimum absolute atomic E-state index is 0.178. The molecule has 0 heterocycles. The molecule has 0 aromatic carbocycles. The zero-order chi connectivity index (χ0) is 10.2. The minimum atomic E-state index is 0.178. The molecule has 0 aliphatic carbocycles. The highest BCUT2D eigenvalue weighted by molar-refractivity contribution is 6.17. The molecule has 0 rings (SSSR count). The van der Waals surface area contributed by atoms with Crippen LogP contribution in [0.1, 0.15) is 12.8 Å². The SMILES string of the molecule is C[N+](CCO)(CCO)CCCCCl. The van der Waals surface area contributed by atoms with E-state index in [1.165, 1.54) is 0 Å². The van der Waals surface area contributed by atoms with Crippen LogP contribution in [-0.4, -0.2) is 60.5 Å². The number of aliphatic hydroxyl groups excluding tert-OH is 2. The smallest absolute Gasteiger partial charge is 0.102 e. The molecular formula is C9H21ClNO2+. The lowest BCUT2D eigenvalue weighted by Gasteiger charge is -2.33. The molecule has 0 bridgehead atoms. The Balaban J connectivity index is 3.76. The van der Waals surface area contributed by atoms with Gasteiger partial charge in [-0.15, -0.1) is 11.6 Å². The highest BCUT2D eigenvalue weighted by Gasteiger charge is 2.19. The third-order valence-electron chi connectivity index (χ3n) is 2.36. The first-order valence-electron chi connectivity index (χ1n) is 4.80. The van der Waals surface area contributed by atoms with Gasteiger partial charge in [-0.05, 0) is 12.8 Å². The Morgan fingerprint density at radius 2 is 1.54 bits per heavy atom. The summed E-state index contributed by atoms with van der Waals surface area (Å²) in [5.41, 5.74) is 0. The second-order valence-electron chi connectivity index (χ2n) is 3.63. The van der Waals surface area contributed by atoms with Crippen LogP contribution in [0.2, 0.25) is 0 Å². The van der Waals surface area contributed by atoms with Crippen molar-refractivity contribution in [2.45, 2.75) is 12.8 Å². The van der Waals surface area contributed by atoms with E-state index in [9.17, 15) is 0 Å². The number of aliphatic hydroxyl groups is 2. The van der Waals surface area contributed by atoms with E-state index in [0.717, 1.165) is 23.9 Å². The molecule has 0 saturated heterocycles. The van der Waals surface area contributed by atoms with Gasteiger partial charge in [0.25, 0.3) is 0 Å². The van der Waals surface area contributed by atoms with Crippen LogP contribution in [-0.2, 0) is 0 Å². The van der Waals surface area contributed by atoms with E-state index < -0.39 is 0 Å². The van der Waals surface area contributed by atoms with Gasteiger partial charge in [-0.2, -0.15) is 0 Å².